The van der Waals surface area contributed by atoms with Crippen LogP contribution in [0, 0.1) is 0 Å². The highest BCUT2D eigenvalue weighted by molar-refractivity contribution is 7.89. The number of nitrogens with two attached hydrogens (primary N) is 1. The summed E-state index contributed by atoms with van der Waals surface area (Å²) in [6.45, 7) is -3.05. The number of halogens is 3. The van der Waals surface area contributed by atoms with E-state index in [-0.39, 0.29) is 14.2 Å². The van der Waals surface area contributed by atoms with Gasteiger partial charge >= 0.3 is 6.18 Å². The van der Waals surface area contributed by atoms with Gasteiger partial charge in [0.2, 0.25) is 10.0 Å². The minimum atomic E-state index is -4.71. The van der Waals surface area contributed by atoms with Gasteiger partial charge in [0.1, 0.15) is 11.5 Å². The number of sulfonamides is 1. The molecule has 118 valence electrons. The Labute approximate surface area is 125 Å². The number of benzene rings is 1. The van der Waals surface area contributed by atoms with E-state index >= 15 is 0 Å². The second-order valence-corrected chi connectivity index (χ2v) is 6.44. The molecule has 0 aliphatic carbocycles. The molecule has 0 atom stereocenters. The van der Waals surface area contributed by atoms with Crippen molar-refractivity contribution < 1.29 is 26.7 Å². The Morgan fingerprint density at radius 3 is 2.19 bits per heavy atom. The Balaban J connectivity index is 3.13. The van der Waals surface area contributed by atoms with Gasteiger partial charge in [-0.3, -0.25) is 0 Å². The third kappa shape index (κ3) is 4.92. The number of thiocarbonyl (C=S) groups is 1. The van der Waals surface area contributed by atoms with Crippen molar-refractivity contribution in [3.8, 4) is 0 Å². The first kappa shape index (κ1) is 17.8. The van der Waals surface area contributed by atoms with E-state index in [1.54, 1.807) is 0 Å². The number of hydrogen-bond acceptors (Lipinski definition) is 4. The molecule has 5 nitrogen and oxygen atoms in total. The normalized spacial score (nSPS) is 12.6. The van der Waals surface area contributed by atoms with Crippen LogP contribution in [0.4, 0.5) is 13.2 Å². The molecule has 0 bridgehead atoms. The summed E-state index contributed by atoms with van der Waals surface area (Å²) >= 11 is 4.70. The second-order valence-electron chi connectivity index (χ2n) is 4.07. The Morgan fingerprint density at radius 1 is 1.29 bits per heavy atom. The van der Waals surface area contributed by atoms with Crippen molar-refractivity contribution in [2.75, 3.05) is 19.7 Å². The number of nitrogens with zero attached hydrogens (tertiary/aromatic N) is 1. The highest BCUT2D eigenvalue weighted by Gasteiger charge is 2.36. The van der Waals surface area contributed by atoms with E-state index in [0.717, 1.165) is 12.1 Å². The lowest BCUT2D eigenvalue weighted by Gasteiger charge is -2.22. The molecule has 0 fully saturated rings. The summed E-state index contributed by atoms with van der Waals surface area (Å²) in [7, 11) is -4.37. The van der Waals surface area contributed by atoms with E-state index in [1.165, 1.54) is 12.1 Å². The van der Waals surface area contributed by atoms with Gasteiger partial charge in [-0.05, 0) is 12.1 Å². The van der Waals surface area contributed by atoms with Crippen molar-refractivity contribution in [2.24, 2.45) is 5.73 Å². The van der Waals surface area contributed by atoms with E-state index in [0.29, 0.717) is 5.56 Å². The fraction of sp³-hybridized carbons (Fsp3) is 0.364. The van der Waals surface area contributed by atoms with Crippen molar-refractivity contribution in [1.29, 1.82) is 0 Å². The third-order valence-corrected chi connectivity index (χ3v) is 4.58. The summed E-state index contributed by atoms with van der Waals surface area (Å²) in [5.41, 5.74) is 5.75. The lowest BCUT2D eigenvalue weighted by molar-refractivity contribution is -0.136. The number of hydrogen-bond donors (Lipinski definition) is 2. The third-order valence-electron chi connectivity index (χ3n) is 2.48. The summed E-state index contributed by atoms with van der Waals surface area (Å²) in [5, 5.41) is 8.75. The highest BCUT2D eigenvalue weighted by atomic mass is 32.2. The van der Waals surface area contributed by atoms with E-state index in [2.05, 4.69) is 0 Å². The molecule has 1 aromatic rings. The van der Waals surface area contributed by atoms with Gasteiger partial charge in [-0.1, -0.05) is 24.4 Å². The number of alkyl halides is 3. The van der Waals surface area contributed by atoms with Gasteiger partial charge in [0.05, 0.1) is 11.5 Å². The van der Waals surface area contributed by atoms with E-state index in [4.69, 9.17) is 23.1 Å². The first-order chi connectivity index (χ1) is 9.58. The molecule has 0 spiro atoms. The molecule has 0 aromatic heterocycles. The molecule has 10 heteroatoms. The smallest absolute Gasteiger partial charge is 0.395 e. The Kier molecular flexibility index (Phi) is 5.68. The van der Waals surface area contributed by atoms with Gasteiger partial charge in [0.15, 0.2) is 0 Å². The van der Waals surface area contributed by atoms with Gasteiger partial charge < -0.3 is 10.8 Å². The number of rotatable bonds is 6. The monoisotopic (exact) mass is 342 g/mol. The second kappa shape index (κ2) is 6.69. The maximum absolute atomic E-state index is 12.4. The largest absolute Gasteiger partial charge is 0.402 e. The van der Waals surface area contributed by atoms with Crippen molar-refractivity contribution in [3.05, 3.63) is 29.8 Å². The van der Waals surface area contributed by atoms with Gasteiger partial charge in [0, 0.05) is 12.1 Å². The summed E-state index contributed by atoms with van der Waals surface area (Å²) in [6, 6.07) is 4.84. The van der Waals surface area contributed by atoms with Crippen molar-refractivity contribution in [2.45, 2.75) is 11.1 Å². The van der Waals surface area contributed by atoms with Gasteiger partial charge in [-0.15, -0.1) is 0 Å². The SMILES string of the molecule is NC(=S)c1ccc(S(=O)(=O)N(CCO)CC(F)(F)F)cc1. The fourth-order valence-electron chi connectivity index (χ4n) is 1.54. The van der Waals surface area contributed by atoms with E-state index in [9.17, 15) is 21.6 Å². The van der Waals surface area contributed by atoms with Gasteiger partial charge in [0.25, 0.3) is 0 Å². The Morgan fingerprint density at radius 2 is 1.81 bits per heavy atom. The van der Waals surface area contributed by atoms with Crippen LogP contribution in [-0.4, -0.2) is 48.7 Å². The maximum Gasteiger partial charge on any atom is 0.402 e. The van der Waals surface area contributed by atoms with Crippen molar-refractivity contribution >= 4 is 27.2 Å². The maximum atomic E-state index is 12.4. The zero-order valence-corrected chi connectivity index (χ0v) is 12.3. The van der Waals surface area contributed by atoms with E-state index in [1.807, 2.05) is 0 Å². The van der Waals surface area contributed by atoms with Gasteiger partial charge in [-0.2, -0.15) is 17.5 Å². The zero-order valence-electron chi connectivity index (χ0n) is 10.7. The minimum absolute atomic E-state index is 0.0430. The molecular formula is C11H13F3N2O3S2. The predicted octanol–water partition coefficient (Wildman–Crippen LogP) is 0.866. The van der Waals surface area contributed by atoms with E-state index < -0.39 is 35.9 Å². The molecule has 0 saturated heterocycles. The quantitative estimate of drug-likeness (QED) is 0.750. The molecule has 0 unspecified atom stereocenters. The van der Waals surface area contributed by atoms with Crippen LogP contribution in [0.25, 0.3) is 0 Å². The van der Waals surface area contributed by atoms with Crippen molar-refractivity contribution in [1.82, 2.24) is 4.31 Å². The summed E-state index contributed by atoms with van der Waals surface area (Å²) in [6.07, 6.45) is -4.71. The minimum Gasteiger partial charge on any atom is -0.395 e. The predicted molar refractivity (Wildman–Crippen MR) is 74.2 cm³/mol. The molecule has 0 saturated carbocycles. The number of aliphatic hydroxyl groups is 1. The lowest BCUT2D eigenvalue weighted by atomic mass is 10.2. The molecule has 0 radical (unpaired) electrons. The molecule has 0 heterocycles. The number of aliphatic hydroxyl groups excluding tert-OH is 1. The van der Waals surface area contributed by atoms with Crippen LogP contribution in [-0.2, 0) is 10.0 Å². The first-order valence-corrected chi connectivity index (χ1v) is 7.50. The molecular weight excluding hydrogens is 329 g/mol. The summed E-state index contributed by atoms with van der Waals surface area (Å²) in [5.74, 6) is 0. The molecule has 0 aliphatic rings. The first-order valence-electron chi connectivity index (χ1n) is 5.65. The van der Waals surface area contributed by atoms with Crippen LogP contribution in [0.15, 0.2) is 29.2 Å². The zero-order chi connectivity index (χ0) is 16.3. The molecule has 3 N–H and O–H groups in total. The average Bonchev–Trinajstić information content (AvgIpc) is 2.36. The summed E-state index contributed by atoms with van der Waals surface area (Å²) < 4.78 is 61.7. The molecule has 1 rings (SSSR count). The topological polar surface area (TPSA) is 83.6 Å². The van der Waals surface area contributed by atoms with Crippen LogP contribution in [0.2, 0.25) is 0 Å². The lowest BCUT2D eigenvalue weighted by Crippen LogP contribution is -2.40. The van der Waals surface area contributed by atoms with Crippen LogP contribution < -0.4 is 5.73 Å². The molecule has 0 aliphatic heterocycles. The molecule has 0 amide bonds. The highest BCUT2D eigenvalue weighted by Crippen LogP contribution is 2.22. The van der Waals surface area contributed by atoms with Crippen LogP contribution in [0.3, 0.4) is 0 Å². The van der Waals surface area contributed by atoms with Gasteiger partial charge in [-0.25, -0.2) is 8.42 Å². The summed E-state index contributed by atoms with van der Waals surface area (Å²) in [4.78, 5) is -0.290. The fourth-order valence-corrected chi connectivity index (χ4v) is 3.09. The van der Waals surface area contributed by atoms with Crippen LogP contribution in [0.1, 0.15) is 5.56 Å². The van der Waals surface area contributed by atoms with Crippen LogP contribution >= 0.6 is 12.2 Å². The Bertz CT molecular complexity index is 600. The van der Waals surface area contributed by atoms with Crippen molar-refractivity contribution in [3.63, 3.8) is 0 Å². The molecule has 1 aromatic carbocycles. The molecule has 21 heavy (non-hydrogen) atoms. The van der Waals surface area contributed by atoms with Crippen LogP contribution in [0.5, 0.6) is 0 Å². The standard InChI is InChI=1S/C11H13F3N2O3S2/c12-11(13,14)7-16(5-6-17)21(18,19)9-3-1-8(2-4-9)10(15)20/h1-4,17H,5-7H2,(H2,15,20). The average molecular weight is 342 g/mol. The Hall–Kier alpha value is -1.23.